The van der Waals surface area contributed by atoms with Gasteiger partial charge in [0.2, 0.25) is 0 Å². The first-order valence-corrected chi connectivity index (χ1v) is 5.29. The summed E-state index contributed by atoms with van der Waals surface area (Å²) >= 11 is 0. The van der Waals surface area contributed by atoms with Gasteiger partial charge in [0.15, 0.2) is 0 Å². The third-order valence-electron chi connectivity index (χ3n) is 2.22. The van der Waals surface area contributed by atoms with E-state index >= 15 is 0 Å². The number of benzene rings is 1. The van der Waals surface area contributed by atoms with Crippen molar-refractivity contribution < 1.29 is 17.9 Å². The Morgan fingerprint density at radius 2 is 1.81 bits per heavy atom. The largest absolute Gasteiger partial charge is 0.522 e. The maximum absolute atomic E-state index is 12.1. The monoisotopic (exact) mass is 232 g/mol. The predicted molar refractivity (Wildman–Crippen MR) is 56.0 cm³/mol. The van der Waals surface area contributed by atoms with Crippen LogP contribution in [0.1, 0.15) is 25.3 Å². The summed E-state index contributed by atoms with van der Waals surface area (Å²) in [6.45, 7) is 1.84. The summed E-state index contributed by atoms with van der Waals surface area (Å²) < 4.78 is 40.4. The van der Waals surface area contributed by atoms with Gasteiger partial charge >= 0.3 is 6.36 Å². The van der Waals surface area contributed by atoms with Crippen LogP contribution < -0.4 is 0 Å². The van der Waals surface area contributed by atoms with E-state index in [0.29, 0.717) is 19.3 Å². The van der Waals surface area contributed by atoms with Crippen LogP contribution in [0.15, 0.2) is 30.3 Å². The summed E-state index contributed by atoms with van der Waals surface area (Å²) in [7, 11) is 0. The zero-order valence-electron chi connectivity index (χ0n) is 9.13. The molecule has 0 amide bonds. The van der Waals surface area contributed by atoms with Crippen molar-refractivity contribution in [2.45, 2.75) is 38.7 Å². The molecule has 0 saturated heterocycles. The molecular formula is C12H15F3O. The number of alkyl halides is 3. The zero-order chi connectivity index (χ0) is 12.0. The van der Waals surface area contributed by atoms with Gasteiger partial charge in [-0.05, 0) is 18.4 Å². The molecule has 0 saturated carbocycles. The molecule has 1 aromatic rings. The summed E-state index contributed by atoms with van der Waals surface area (Å²) in [6, 6.07) is 9.07. The van der Waals surface area contributed by atoms with Crippen molar-refractivity contribution in [3.63, 3.8) is 0 Å². The van der Waals surface area contributed by atoms with Crippen LogP contribution in [-0.2, 0) is 11.2 Å². The molecule has 0 aliphatic rings. The Hall–Kier alpha value is -1.03. The third kappa shape index (κ3) is 5.16. The number of hydrogen-bond donors (Lipinski definition) is 0. The van der Waals surface area contributed by atoms with E-state index in [4.69, 9.17) is 0 Å². The predicted octanol–water partition coefficient (Wildman–Crippen LogP) is 3.93. The molecule has 0 spiro atoms. The van der Waals surface area contributed by atoms with E-state index in [2.05, 4.69) is 4.74 Å². The minimum atomic E-state index is -4.55. The molecule has 0 fully saturated rings. The van der Waals surface area contributed by atoms with Crippen molar-refractivity contribution in [1.29, 1.82) is 0 Å². The highest BCUT2D eigenvalue weighted by atomic mass is 19.4. The Labute approximate surface area is 93.2 Å². The third-order valence-corrected chi connectivity index (χ3v) is 2.22. The molecule has 1 atom stereocenters. The topological polar surface area (TPSA) is 9.23 Å². The first kappa shape index (κ1) is 13.0. The van der Waals surface area contributed by atoms with Crippen LogP contribution in [0.4, 0.5) is 13.2 Å². The van der Waals surface area contributed by atoms with Gasteiger partial charge in [0, 0.05) is 0 Å². The molecular weight excluding hydrogens is 217 g/mol. The van der Waals surface area contributed by atoms with Crippen molar-refractivity contribution in [3.8, 4) is 0 Å². The fourth-order valence-corrected chi connectivity index (χ4v) is 1.59. The standard InChI is InChI=1S/C12H15F3O/c1-2-6-11(16-12(13,14)15)9-10-7-4-3-5-8-10/h3-5,7-8,11H,2,6,9H2,1H3. The van der Waals surface area contributed by atoms with Crippen LogP contribution in [0.3, 0.4) is 0 Å². The second kappa shape index (κ2) is 5.89. The van der Waals surface area contributed by atoms with Crippen LogP contribution in [0.5, 0.6) is 0 Å². The molecule has 0 N–H and O–H groups in total. The average Bonchev–Trinajstić information content (AvgIpc) is 2.17. The number of ether oxygens (including phenoxy) is 1. The van der Waals surface area contributed by atoms with Gasteiger partial charge in [-0.25, -0.2) is 0 Å². The molecule has 1 rings (SSSR count). The first-order valence-electron chi connectivity index (χ1n) is 5.29. The second-order valence-electron chi connectivity index (χ2n) is 3.66. The van der Waals surface area contributed by atoms with Gasteiger partial charge in [-0.15, -0.1) is 13.2 Å². The van der Waals surface area contributed by atoms with E-state index in [1.54, 1.807) is 0 Å². The van der Waals surface area contributed by atoms with E-state index < -0.39 is 12.5 Å². The number of rotatable bonds is 5. The maximum atomic E-state index is 12.1. The Bertz CT molecular complexity index is 295. The number of hydrogen-bond acceptors (Lipinski definition) is 1. The van der Waals surface area contributed by atoms with E-state index in [1.807, 2.05) is 37.3 Å². The maximum Gasteiger partial charge on any atom is 0.522 e. The Balaban J connectivity index is 2.58. The summed E-state index contributed by atoms with van der Waals surface area (Å²) in [5.41, 5.74) is 0.866. The first-order chi connectivity index (χ1) is 7.51. The molecule has 0 aromatic heterocycles. The summed E-state index contributed by atoms with van der Waals surface area (Å²) in [5.74, 6) is 0. The molecule has 4 heteroatoms. The summed E-state index contributed by atoms with van der Waals surface area (Å²) in [5, 5.41) is 0. The van der Waals surface area contributed by atoms with Gasteiger partial charge in [0.05, 0.1) is 6.10 Å². The lowest BCUT2D eigenvalue weighted by Crippen LogP contribution is -2.25. The highest BCUT2D eigenvalue weighted by Gasteiger charge is 2.33. The van der Waals surface area contributed by atoms with Gasteiger partial charge in [-0.2, -0.15) is 0 Å². The Morgan fingerprint density at radius 3 is 2.31 bits per heavy atom. The van der Waals surface area contributed by atoms with Gasteiger partial charge < -0.3 is 0 Å². The SMILES string of the molecule is CCCC(Cc1ccccc1)OC(F)(F)F. The zero-order valence-corrected chi connectivity index (χ0v) is 9.13. The molecule has 0 aliphatic heterocycles. The minimum absolute atomic E-state index is 0.300. The van der Waals surface area contributed by atoms with Gasteiger partial charge in [0.25, 0.3) is 0 Å². The second-order valence-corrected chi connectivity index (χ2v) is 3.66. The van der Waals surface area contributed by atoms with Crippen molar-refractivity contribution in [2.24, 2.45) is 0 Å². The van der Waals surface area contributed by atoms with E-state index in [0.717, 1.165) is 5.56 Å². The molecule has 90 valence electrons. The molecule has 0 radical (unpaired) electrons. The van der Waals surface area contributed by atoms with Crippen molar-refractivity contribution in [1.82, 2.24) is 0 Å². The van der Waals surface area contributed by atoms with E-state index in [1.165, 1.54) is 0 Å². The van der Waals surface area contributed by atoms with Crippen LogP contribution in [0.25, 0.3) is 0 Å². The Morgan fingerprint density at radius 1 is 1.19 bits per heavy atom. The van der Waals surface area contributed by atoms with Crippen LogP contribution in [-0.4, -0.2) is 12.5 Å². The van der Waals surface area contributed by atoms with Crippen LogP contribution >= 0.6 is 0 Å². The molecule has 16 heavy (non-hydrogen) atoms. The van der Waals surface area contributed by atoms with Gasteiger partial charge in [-0.3, -0.25) is 4.74 Å². The van der Waals surface area contributed by atoms with Crippen molar-refractivity contribution in [3.05, 3.63) is 35.9 Å². The molecule has 0 heterocycles. The van der Waals surface area contributed by atoms with E-state index in [9.17, 15) is 13.2 Å². The molecule has 0 aliphatic carbocycles. The molecule has 1 aromatic carbocycles. The normalized spacial score (nSPS) is 13.8. The highest BCUT2D eigenvalue weighted by Crippen LogP contribution is 2.23. The summed E-state index contributed by atoms with van der Waals surface area (Å²) in [4.78, 5) is 0. The smallest absolute Gasteiger partial charge is 0.288 e. The van der Waals surface area contributed by atoms with E-state index in [-0.39, 0.29) is 0 Å². The molecule has 0 bridgehead atoms. The van der Waals surface area contributed by atoms with Crippen molar-refractivity contribution >= 4 is 0 Å². The lowest BCUT2D eigenvalue weighted by Gasteiger charge is -2.18. The quantitative estimate of drug-likeness (QED) is 0.747. The van der Waals surface area contributed by atoms with Crippen LogP contribution in [0.2, 0.25) is 0 Å². The fraction of sp³-hybridized carbons (Fsp3) is 0.500. The minimum Gasteiger partial charge on any atom is -0.288 e. The van der Waals surface area contributed by atoms with Crippen LogP contribution in [0, 0.1) is 0 Å². The van der Waals surface area contributed by atoms with Gasteiger partial charge in [0.1, 0.15) is 0 Å². The highest BCUT2D eigenvalue weighted by molar-refractivity contribution is 5.15. The lowest BCUT2D eigenvalue weighted by atomic mass is 10.0. The summed E-state index contributed by atoms with van der Waals surface area (Å²) in [6.07, 6.45) is -3.95. The Kier molecular flexibility index (Phi) is 4.80. The average molecular weight is 232 g/mol. The fourth-order valence-electron chi connectivity index (χ4n) is 1.59. The molecule has 1 unspecified atom stereocenters. The van der Waals surface area contributed by atoms with Gasteiger partial charge in [-0.1, -0.05) is 43.7 Å². The van der Waals surface area contributed by atoms with Crippen molar-refractivity contribution in [2.75, 3.05) is 0 Å². The molecule has 1 nitrogen and oxygen atoms in total. The number of halogens is 3. The lowest BCUT2D eigenvalue weighted by molar-refractivity contribution is -0.343.